The van der Waals surface area contributed by atoms with Crippen LogP contribution in [0.3, 0.4) is 0 Å². The van der Waals surface area contributed by atoms with E-state index in [9.17, 15) is 14.0 Å². The molecule has 2 unspecified atom stereocenters. The Morgan fingerprint density at radius 1 is 1.35 bits per heavy atom. The molecule has 1 aliphatic heterocycles. The van der Waals surface area contributed by atoms with Gasteiger partial charge >= 0.3 is 0 Å². The van der Waals surface area contributed by atoms with Gasteiger partial charge in [-0.05, 0) is 44.4 Å². The minimum Gasteiger partial charge on any atom is -0.369 e. The fourth-order valence-corrected chi connectivity index (χ4v) is 4.39. The number of nitrogens with zero attached hydrogens (tertiary/aromatic N) is 1. The standard InChI is InChI=1S/C17H19FN2O2S/c1-9-6-7-11(16(19)21)8-20(9)17(22)15-10(2)14-12(18)4-3-5-13(14)23-15/h3-5,9,11H,6-8H2,1-2H3,(H2,19,21). The number of thiophene rings is 1. The van der Waals surface area contributed by atoms with Gasteiger partial charge in [0.2, 0.25) is 5.91 Å². The largest absolute Gasteiger partial charge is 0.369 e. The van der Waals surface area contributed by atoms with Crippen molar-refractivity contribution in [3.8, 4) is 0 Å². The summed E-state index contributed by atoms with van der Waals surface area (Å²) in [5, 5.41) is 0.511. The Bertz CT molecular complexity index is 786. The highest BCUT2D eigenvalue weighted by molar-refractivity contribution is 7.21. The van der Waals surface area contributed by atoms with Crippen LogP contribution in [0.4, 0.5) is 4.39 Å². The van der Waals surface area contributed by atoms with Crippen molar-refractivity contribution in [3.05, 3.63) is 34.5 Å². The molecule has 0 saturated carbocycles. The van der Waals surface area contributed by atoms with Gasteiger partial charge in [0, 0.05) is 22.7 Å². The highest BCUT2D eigenvalue weighted by atomic mass is 32.1. The van der Waals surface area contributed by atoms with E-state index in [0.717, 1.165) is 11.1 Å². The topological polar surface area (TPSA) is 63.4 Å². The number of aryl methyl sites for hydroxylation is 1. The van der Waals surface area contributed by atoms with Gasteiger partial charge in [-0.15, -0.1) is 11.3 Å². The number of fused-ring (bicyclic) bond motifs is 1. The molecule has 1 aromatic carbocycles. The molecule has 2 aromatic rings. The Labute approximate surface area is 138 Å². The number of benzene rings is 1. The van der Waals surface area contributed by atoms with E-state index in [1.807, 2.05) is 13.0 Å². The molecule has 0 spiro atoms. The number of carbonyl (C=O) groups is 2. The van der Waals surface area contributed by atoms with Crippen molar-refractivity contribution in [2.45, 2.75) is 32.7 Å². The average molecular weight is 334 g/mol. The number of hydrogen-bond donors (Lipinski definition) is 1. The molecule has 0 radical (unpaired) electrons. The van der Waals surface area contributed by atoms with Gasteiger partial charge in [0.1, 0.15) is 5.82 Å². The summed E-state index contributed by atoms with van der Waals surface area (Å²) in [6.45, 7) is 4.08. The summed E-state index contributed by atoms with van der Waals surface area (Å²) in [5.41, 5.74) is 6.07. The third kappa shape index (κ3) is 2.72. The number of primary amides is 1. The minimum absolute atomic E-state index is 0.0487. The summed E-state index contributed by atoms with van der Waals surface area (Å²) < 4.78 is 14.8. The van der Waals surface area contributed by atoms with Crippen molar-refractivity contribution in [2.24, 2.45) is 11.7 Å². The first kappa shape index (κ1) is 15.9. The van der Waals surface area contributed by atoms with Crippen molar-refractivity contribution >= 4 is 33.2 Å². The molecule has 1 fully saturated rings. The van der Waals surface area contributed by atoms with Crippen molar-refractivity contribution < 1.29 is 14.0 Å². The number of rotatable bonds is 2. The Morgan fingerprint density at radius 3 is 2.74 bits per heavy atom. The van der Waals surface area contributed by atoms with Crippen LogP contribution in [0, 0.1) is 18.7 Å². The van der Waals surface area contributed by atoms with Crippen LogP contribution >= 0.6 is 11.3 Å². The molecule has 2 N–H and O–H groups in total. The normalized spacial score (nSPS) is 21.6. The van der Waals surface area contributed by atoms with Crippen LogP contribution in [-0.2, 0) is 4.79 Å². The first-order valence-electron chi connectivity index (χ1n) is 7.68. The van der Waals surface area contributed by atoms with Crippen LogP contribution in [0.1, 0.15) is 35.0 Å². The molecule has 23 heavy (non-hydrogen) atoms. The maximum Gasteiger partial charge on any atom is 0.264 e. The van der Waals surface area contributed by atoms with E-state index in [4.69, 9.17) is 5.73 Å². The molecule has 1 aliphatic rings. The van der Waals surface area contributed by atoms with E-state index in [1.54, 1.807) is 17.9 Å². The molecule has 122 valence electrons. The smallest absolute Gasteiger partial charge is 0.264 e. The van der Waals surface area contributed by atoms with Gasteiger partial charge in [-0.25, -0.2) is 4.39 Å². The SMILES string of the molecule is Cc1c(C(=O)N2CC(C(N)=O)CCC2C)sc2cccc(F)c12. The third-order valence-corrected chi connectivity index (χ3v) is 5.89. The maximum absolute atomic E-state index is 14.0. The molecule has 1 aromatic heterocycles. The summed E-state index contributed by atoms with van der Waals surface area (Å²) in [4.78, 5) is 26.6. The second-order valence-corrected chi connectivity index (χ2v) is 7.20. The number of likely N-dealkylation sites (tertiary alicyclic amines) is 1. The van der Waals surface area contributed by atoms with E-state index >= 15 is 0 Å². The molecule has 6 heteroatoms. The quantitative estimate of drug-likeness (QED) is 0.917. The molecule has 1 saturated heterocycles. The second kappa shape index (κ2) is 5.92. The second-order valence-electron chi connectivity index (χ2n) is 6.15. The van der Waals surface area contributed by atoms with Crippen LogP contribution in [0.5, 0.6) is 0 Å². The van der Waals surface area contributed by atoms with Crippen LogP contribution in [0.15, 0.2) is 18.2 Å². The minimum atomic E-state index is -0.367. The van der Waals surface area contributed by atoms with E-state index in [2.05, 4.69) is 0 Å². The lowest BCUT2D eigenvalue weighted by Crippen LogP contribution is -2.48. The number of nitrogens with two attached hydrogens (primary N) is 1. The summed E-state index contributed by atoms with van der Waals surface area (Å²) in [5.74, 6) is -1.12. The monoisotopic (exact) mass is 334 g/mol. The number of piperidine rings is 1. The molecule has 0 aliphatic carbocycles. The number of amides is 2. The molecule has 2 amide bonds. The Kier molecular flexibility index (Phi) is 4.10. The van der Waals surface area contributed by atoms with Gasteiger partial charge < -0.3 is 10.6 Å². The van der Waals surface area contributed by atoms with Gasteiger partial charge in [0.25, 0.3) is 5.91 Å². The summed E-state index contributed by atoms with van der Waals surface area (Å²) >= 11 is 1.30. The van der Waals surface area contributed by atoms with E-state index < -0.39 is 0 Å². The fraction of sp³-hybridized carbons (Fsp3) is 0.412. The van der Waals surface area contributed by atoms with Crippen molar-refractivity contribution in [3.63, 3.8) is 0 Å². The highest BCUT2D eigenvalue weighted by Gasteiger charge is 2.33. The predicted molar refractivity (Wildman–Crippen MR) is 88.9 cm³/mol. The molecular weight excluding hydrogens is 315 g/mol. The average Bonchev–Trinajstić information content (AvgIpc) is 2.85. The Balaban J connectivity index is 1.98. The first-order chi connectivity index (χ1) is 10.9. The van der Waals surface area contributed by atoms with Crippen LogP contribution in [0.25, 0.3) is 10.1 Å². The van der Waals surface area contributed by atoms with Crippen LogP contribution < -0.4 is 5.73 Å². The fourth-order valence-electron chi connectivity index (χ4n) is 3.21. The maximum atomic E-state index is 14.0. The lowest BCUT2D eigenvalue weighted by molar-refractivity contribution is -0.123. The zero-order chi connectivity index (χ0) is 16.7. The first-order valence-corrected chi connectivity index (χ1v) is 8.49. The van der Waals surface area contributed by atoms with Gasteiger partial charge in [-0.3, -0.25) is 9.59 Å². The van der Waals surface area contributed by atoms with Crippen molar-refractivity contribution in [2.75, 3.05) is 6.54 Å². The third-order valence-electron chi connectivity index (χ3n) is 4.64. The zero-order valence-electron chi connectivity index (χ0n) is 13.1. The van der Waals surface area contributed by atoms with Crippen LogP contribution in [0.2, 0.25) is 0 Å². The Hall–Kier alpha value is -1.95. The predicted octanol–water partition coefficient (Wildman–Crippen LogP) is 3.07. The van der Waals surface area contributed by atoms with Crippen molar-refractivity contribution in [1.82, 2.24) is 4.90 Å². The van der Waals surface area contributed by atoms with Gasteiger partial charge in [0.15, 0.2) is 0 Å². The van der Waals surface area contributed by atoms with E-state index in [-0.39, 0.29) is 29.6 Å². The highest BCUT2D eigenvalue weighted by Crippen LogP contribution is 2.34. The lowest BCUT2D eigenvalue weighted by atomic mass is 9.92. The van der Waals surface area contributed by atoms with E-state index in [0.29, 0.717) is 28.8 Å². The number of carbonyl (C=O) groups excluding carboxylic acids is 2. The van der Waals surface area contributed by atoms with Gasteiger partial charge in [0.05, 0.1) is 10.8 Å². The summed E-state index contributed by atoms with van der Waals surface area (Å²) in [6.07, 6.45) is 1.46. The number of halogens is 1. The summed E-state index contributed by atoms with van der Waals surface area (Å²) in [7, 11) is 0. The zero-order valence-corrected chi connectivity index (χ0v) is 14.0. The van der Waals surface area contributed by atoms with E-state index in [1.165, 1.54) is 17.4 Å². The van der Waals surface area contributed by atoms with Crippen molar-refractivity contribution in [1.29, 1.82) is 0 Å². The van der Waals surface area contributed by atoms with Gasteiger partial charge in [-0.1, -0.05) is 6.07 Å². The molecule has 2 atom stereocenters. The van der Waals surface area contributed by atoms with Gasteiger partial charge in [-0.2, -0.15) is 0 Å². The Morgan fingerprint density at radius 2 is 2.09 bits per heavy atom. The number of hydrogen-bond acceptors (Lipinski definition) is 3. The molecule has 0 bridgehead atoms. The molecule has 4 nitrogen and oxygen atoms in total. The molecular formula is C17H19FN2O2S. The van der Waals surface area contributed by atoms with Crippen LogP contribution in [-0.4, -0.2) is 29.3 Å². The summed E-state index contributed by atoms with van der Waals surface area (Å²) in [6, 6.07) is 4.92. The molecule has 3 rings (SSSR count). The molecule has 2 heterocycles. The lowest BCUT2D eigenvalue weighted by Gasteiger charge is -2.36.